The van der Waals surface area contributed by atoms with Crippen molar-refractivity contribution in [1.82, 2.24) is 15.0 Å². The summed E-state index contributed by atoms with van der Waals surface area (Å²) in [7, 11) is 1.58. The van der Waals surface area contributed by atoms with Gasteiger partial charge in [-0.25, -0.2) is 4.68 Å². The maximum Gasteiger partial charge on any atom is 0.268 e. The molecule has 1 amide bonds. The van der Waals surface area contributed by atoms with E-state index in [1.807, 2.05) is 54.7 Å². The second-order valence-corrected chi connectivity index (χ2v) is 7.74. The lowest BCUT2D eigenvalue weighted by Gasteiger charge is -2.23. The molecule has 7 heteroatoms. The minimum atomic E-state index is -1.77. The summed E-state index contributed by atoms with van der Waals surface area (Å²) in [4.78, 5) is 15.1. The summed E-state index contributed by atoms with van der Waals surface area (Å²) < 4.78 is 6.95. The van der Waals surface area contributed by atoms with Crippen LogP contribution in [0.5, 0.6) is 5.75 Å². The molecule has 0 radical (unpaired) electrons. The van der Waals surface area contributed by atoms with Crippen LogP contribution in [0.1, 0.15) is 22.4 Å². The fourth-order valence-electron chi connectivity index (χ4n) is 4.12. The SMILES string of the molecule is COc1ccc([C@]2(O)C(=O)N(Cc3cn(Cc4ccccc4)nn3)c3ccccc32)cc1. The molecule has 5 rings (SSSR count). The summed E-state index contributed by atoms with van der Waals surface area (Å²) >= 11 is 0. The Labute approximate surface area is 185 Å². The summed E-state index contributed by atoms with van der Waals surface area (Å²) in [6.45, 7) is 0.803. The molecular weight excluding hydrogens is 404 g/mol. The van der Waals surface area contributed by atoms with Gasteiger partial charge in [-0.2, -0.15) is 0 Å². The molecule has 32 heavy (non-hydrogen) atoms. The summed E-state index contributed by atoms with van der Waals surface area (Å²) in [5, 5.41) is 20.1. The number of aliphatic hydroxyl groups is 1. The molecule has 0 fully saturated rings. The van der Waals surface area contributed by atoms with Gasteiger partial charge in [0.15, 0.2) is 5.60 Å². The number of fused-ring (bicyclic) bond motifs is 1. The maximum atomic E-state index is 13.5. The third-order valence-electron chi connectivity index (χ3n) is 5.74. The van der Waals surface area contributed by atoms with E-state index < -0.39 is 11.5 Å². The van der Waals surface area contributed by atoms with Crippen LogP contribution in [0.3, 0.4) is 0 Å². The predicted molar refractivity (Wildman–Crippen MR) is 119 cm³/mol. The highest BCUT2D eigenvalue weighted by atomic mass is 16.5. The van der Waals surface area contributed by atoms with Crippen LogP contribution in [0.2, 0.25) is 0 Å². The molecule has 1 aliphatic heterocycles. The van der Waals surface area contributed by atoms with E-state index >= 15 is 0 Å². The smallest absolute Gasteiger partial charge is 0.268 e. The number of hydrogen-bond acceptors (Lipinski definition) is 5. The Kier molecular flexibility index (Phi) is 4.95. The van der Waals surface area contributed by atoms with E-state index in [1.54, 1.807) is 47.0 Å². The van der Waals surface area contributed by atoms with Crippen LogP contribution in [-0.4, -0.2) is 33.1 Å². The zero-order chi connectivity index (χ0) is 22.1. The van der Waals surface area contributed by atoms with Gasteiger partial charge in [0.1, 0.15) is 11.4 Å². The number of nitrogens with zero attached hydrogens (tertiary/aromatic N) is 4. The third kappa shape index (κ3) is 3.33. The Morgan fingerprint density at radius 1 is 0.938 bits per heavy atom. The molecule has 3 aromatic carbocycles. The third-order valence-corrected chi connectivity index (χ3v) is 5.74. The normalized spacial score (nSPS) is 17.4. The van der Waals surface area contributed by atoms with Gasteiger partial charge in [-0.15, -0.1) is 5.10 Å². The lowest BCUT2D eigenvalue weighted by Crippen LogP contribution is -2.40. The topological polar surface area (TPSA) is 80.5 Å². The highest BCUT2D eigenvalue weighted by molar-refractivity contribution is 6.08. The Morgan fingerprint density at radius 2 is 1.66 bits per heavy atom. The number of amides is 1. The van der Waals surface area contributed by atoms with E-state index in [4.69, 9.17) is 4.74 Å². The second-order valence-electron chi connectivity index (χ2n) is 7.74. The van der Waals surface area contributed by atoms with Gasteiger partial charge in [-0.1, -0.05) is 65.9 Å². The number of hydrogen-bond donors (Lipinski definition) is 1. The molecule has 0 aliphatic carbocycles. The van der Waals surface area contributed by atoms with Gasteiger partial charge in [0.2, 0.25) is 0 Å². The second kappa shape index (κ2) is 7.94. The number of rotatable bonds is 6. The number of carbonyl (C=O) groups excluding carboxylic acids is 1. The van der Waals surface area contributed by atoms with Gasteiger partial charge >= 0.3 is 0 Å². The van der Waals surface area contributed by atoms with E-state index in [9.17, 15) is 9.90 Å². The quantitative estimate of drug-likeness (QED) is 0.512. The van der Waals surface area contributed by atoms with Crippen molar-refractivity contribution in [3.63, 3.8) is 0 Å². The molecule has 2 heterocycles. The van der Waals surface area contributed by atoms with Gasteiger partial charge < -0.3 is 14.7 Å². The van der Waals surface area contributed by atoms with E-state index in [0.717, 1.165) is 5.56 Å². The Hall–Kier alpha value is -3.97. The summed E-state index contributed by atoms with van der Waals surface area (Å²) in [6.07, 6.45) is 1.83. The van der Waals surface area contributed by atoms with Crippen LogP contribution in [0.25, 0.3) is 0 Å². The molecule has 1 aromatic heterocycles. The lowest BCUT2D eigenvalue weighted by molar-refractivity contribution is -0.132. The molecule has 1 aliphatic rings. The molecule has 1 atom stereocenters. The summed E-state index contributed by atoms with van der Waals surface area (Å²) in [6, 6.07) is 24.2. The maximum absolute atomic E-state index is 13.5. The highest BCUT2D eigenvalue weighted by Crippen LogP contribution is 2.45. The van der Waals surface area contributed by atoms with Crippen LogP contribution in [-0.2, 0) is 23.5 Å². The molecule has 4 aromatic rings. The number of aromatic nitrogens is 3. The number of benzene rings is 3. The van der Waals surface area contributed by atoms with Gasteiger partial charge in [0, 0.05) is 5.56 Å². The van der Waals surface area contributed by atoms with Crippen LogP contribution < -0.4 is 9.64 Å². The number of ether oxygens (including phenoxy) is 1. The molecule has 7 nitrogen and oxygen atoms in total. The largest absolute Gasteiger partial charge is 0.497 e. The van der Waals surface area contributed by atoms with E-state index in [-0.39, 0.29) is 6.54 Å². The Morgan fingerprint density at radius 3 is 2.41 bits per heavy atom. The van der Waals surface area contributed by atoms with Gasteiger partial charge in [-0.05, 0) is 29.3 Å². The van der Waals surface area contributed by atoms with E-state index in [0.29, 0.717) is 34.8 Å². The zero-order valence-corrected chi connectivity index (χ0v) is 17.5. The van der Waals surface area contributed by atoms with Gasteiger partial charge in [0.25, 0.3) is 5.91 Å². The molecule has 0 bridgehead atoms. The molecule has 0 saturated heterocycles. The average Bonchev–Trinajstić information content (AvgIpc) is 3.37. The first-order valence-electron chi connectivity index (χ1n) is 10.3. The fourth-order valence-corrected chi connectivity index (χ4v) is 4.12. The van der Waals surface area contributed by atoms with E-state index in [1.165, 1.54) is 0 Å². The summed E-state index contributed by atoms with van der Waals surface area (Å²) in [5.74, 6) is 0.240. The molecule has 0 saturated carbocycles. The standard InChI is InChI=1S/C25H22N4O3/c1-32-21-13-11-19(12-14-21)25(31)22-9-5-6-10-23(22)29(24(25)30)17-20-16-28(27-26-20)15-18-7-3-2-4-8-18/h2-14,16,31H,15,17H2,1H3/t25-/m1/s1. The number of anilines is 1. The first-order chi connectivity index (χ1) is 15.6. The van der Waals surface area contributed by atoms with Crippen molar-refractivity contribution in [3.05, 3.63) is 107 Å². The predicted octanol–water partition coefficient (Wildman–Crippen LogP) is 3.12. The zero-order valence-electron chi connectivity index (χ0n) is 17.5. The van der Waals surface area contributed by atoms with Crippen molar-refractivity contribution in [2.24, 2.45) is 0 Å². The molecule has 1 N–H and O–H groups in total. The molecule has 0 unspecified atom stereocenters. The van der Waals surface area contributed by atoms with Crippen molar-refractivity contribution in [2.75, 3.05) is 12.0 Å². The number of para-hydroxylation sites is 1. The van der Waals surface area contributed by atoms with Gasteiger partial charge in [-0.3, -0.25) is 4.79 Å². The molecular formula is C25H22N4O3. The lowest BCUT2D eigenvalue weighted by atomic mass is 9.87. The minimum Gasteiger partial charge on any atom is -0.497 e. The Bertz CT molecular complexity index is 1250. The van der Waals surface area contributed by atoms with Crippen molar-refractivity contribution in [2.45, 2.75) is 18.7 Å². The average molecular weight is 426 g/mol. The van der Waals surface area contributed by atoms with Crippen LogP contribution >= 0.6 is 0 Å². The highest BCUT2D eigenvalue weighted by Gasteiger charge is 2.51. The van der Waals surface area contributed by atoms with Crippen molar-refractivity contribution in [1.29, 1.82) is 0 Å². The molecule has 160 valence electrons. The molecule has 0 spiro atoms. The van der Waals surface area contributed by atoms with Crippen LogP contribution in [0.15, 0.2) is 85.1 Å². The van der Waals surface area contributed by atoms with Crippen LogP contribution in [0, 0.1) is 0 Å². The number of methoxy groups -OCH3 is 1. The van der Waals surface area contributed by atoms with E-state index in [2.05, 4.69) is 10.3 Å². The van der Waals surface area contributed by atoms with Crippen LogP contribution in [0.4, 0.5) is 5.69 Å². The van der Waals surface area contributed by atoms with Crippen molar-refractivity contribution >= 4 is 11.6 Å². The number of carbonyl (C=O) groups is 1. The first-order valence-corrected chi connectivity index (χ1v) is 10.3. The minimum absolute atomic E-state index is 0.211. The van der Waals surface area contributed by atoms with Crippen molar-refractivity contribution < 1.29 is 14.6 Å². The van der Waals surface area contributed by atoms with Gasteiger partial charge in [0.05, 0.1) is 32.1 Å². The monoisotopic (exact) mass is 426 g/mol. The Balaban J connectivity index is 1.45. The summed E-state index contributed by atoms with van der Waals surface area (Å²) in [5.41, 5.74) is 1.68. The first kappa shape index (κ1) is 20.0. The fraction of sp³-hybridized carbons (Fsp3) is 0.160. The van der Waals surface area contributed by atoms with Crippen molar-refractivity contribution in [3.8, 4) is 5.75 Å².